The maximum absolute atomic E-state index is 11.9. The molecular formula is C18H18INO4. The minimum Gasteiger partial charge on any atom is -0.467 e. The van der Waals surface area contributed by atoms with Crippen LogP contribution in [-0.4, -0.2) is 25.2 Å². The molecule has 0 aromatic heterocycles. The lowest BCUT2D eigenvalue weighted by molar-refractivity contribution is -0.143. The smallest absolute Gasteiger partial charge is 0.408 e. The topological polar surface area (TPSA) is 64.6 Å². The maximum Gasteiger partial charge on any atom is 0.408 e. The summed E-state index contributed by atoms with van der Waals surface area (Å²) in [5.41, 5.74) is 1.80. The second kappa shape index (κ2) is 9.27. The molecule has 5 nitrogen and oxygen atoms in total. The van der Waals surface area contributed by atoms with Gasteiger partial charge in [-0.3, -0.25) is 0 Å². The first kappa shape index (κ1) is 18.3. The van der Waals surface area contributed by atoms with Crippen LogP contribution >= 0.6 is 22.6 Å². The average molecular weight is 439 g/mol. The van der Waals surface area contributed by atoms with Gasteiger partial charge in [-0.1, -0.05) is 42.5 Å². The third kappa shape index (κ3) is 5.84. The van der Waals surface area contributed by atoms with Crippen molar-refractivity contribution in [1.82, 2.24) is 5.32 Å². The second-order valence-electron chi connectivity index (χ2n) is 5.11. The number of esters is 1. The standard InChI is InChI=1S/C18H18INO4/c1-23-17(21)16(11-13-7-9-15(19)10-8-13)20-18(22)24-12-14-5-3-2-4-6-14/h2-10,16H,11-12H2,1H3,(H,20,22). The Morgan fingerprint density at radius 1 is 1.04 bits per heavy atom. The first-order valence-electron chi connectivity index (χ1n) is 7.38. The van der Waals surface area contributed by atoms with Crippen molar-refractivity contribution in [1.29, 1.82) is 0 Å². The number of carbonyl (C=O) groups is 2. The zero-order valence-corrected chi connectivity index (χ0v) is 15.4. The van der Waals surface area contributed by atoms with E-state index < -0.39 is 18.1 Å². The van der Waals surface area contributed by atoms with Gasteiger partial charge in [0.15, 0.2) is 0 Å². The Bertz CT molecular complexity index is 673. The number of carbonyl (C=O) groups excluding carboxylic acids is 2. The molecule has 126 valence electrons. The summed E-state index contributed by atoms with van der Waals surface area (Å²) in [4.78, 5) is 23.8. The average Bonchev–Trinajstić information content (AvgIpc) is 2.61. The summed E-state index contributed by atoms with van der Waals surface area (Å²) in [7, 11) is 1.29. The molecule has 0 bridgehead atoms. The fourth-order valence-electron chi connectivity index (χ4n) is 2.10. The van der Waals surface area contributed by atoms with Gasteiger partial charge in [0.1, 0.15) is 12.6 Å². The zero-order valence-electron chi connectivity index (χ0n) is 13.2. The van der Waals surface area contributed by atoms with Gasteiger partial charge in [0.05, 0.1) is 7.11 Å². The number of amides is 1. The summed E-state index contributed by atoms with van der Waals surface area (Å²) in [6.45, 7) is 0.143. The molecule has 1 unspecified atom stereocenters. The quantitative estimate of drug-likeness (QED) is 0.555. The van der Waals surface area contributed by atoms with E-state index in [2.05, 4.69) is 27.9 Å². The van der Waals surface area contributed by atoms with E-state index in [4.69, 9.17) is 9.47 Å². The predicted octanol–water partition coefficient (Wildman–Crippen LogP) is 3.30. The molecule has 0 aliphatic rings. The first-order valence-corrected chi connectivity index (χ1v) is 8.46. The SMILES string of the molecule is COC(=O)C(Cc1ccc(I)cc1)NC(=O)OCc1ccccc1. The molecule has 6 heteroatoms. The molecule has 0 saturated carbocycles. The van der Waals surface area contributed by atoms with E-state index >= 15 is 0 Å². The van der Waals surface area contributed by atoms with E-state index in [0.717, 1.165) is 14.7 Å². The van der Waals surface area contributed by atoms with Crippen LogP contribution in [-0.2, 0) is 27.3 Å². The van der Waals surface area contributed by atoms with Crippen molar-refractivity contribution in [3.05, 3.63) is 69.3 Å². The van der Waals surface area contributed by atoms with E-state index in [-0.39, 0.29) is 6.61 Å². The van der Waals surface area contributed by atoms with Crippen molar-refractivity contribution in [2.75, 3.05) is 7.11 Å². The molecule has 0 saturated heterocycles. The van der Waals surface area contributed by atoms with Crippen molar-refractivity contribution >= 4 is 34.7 Å². The largest absolute Gasteiger partial charge is 0.467 e. The van der Waals surface area contributed by atoms with Gasteiger partial charge >= 0.3 is 12.1 Å². The highest BCUT2D eigenvalue weighted by atomic mass is 127. The minimum absolute atomic E-state index is 0.143. The Hall–Kier alpha value is -2.09. The van der Waals surface area contributed by atoms with Crippen LogP contribution in [0.1, 0.15) is 11.1 Å². The number of benzene rings is 2. The lowest BCUT2D eigenvalue weighted by Gasteiger charge is -2.16. The summed E-state index contributed by atoms with van der Waals surface area (Å²) in [6.07, 6.45) is -0.316. The molecule has 2 aromatic carbocycles. The molecule has 1 amide bonds. The molecule has 0 radical (unpaired) electrons. The van der Waals surface area contributed by atoms with Gasteiger partial charge in [-0.05, 0) is 45.9 Å². The Morgan fingerprint density at radius 2 is 1.71 bits per heavy atom. The molecule has 2 aromatic rings. The fraction of sp³-hybridized carbons (Fsp3) is 0.222. The van der Waals surface area contributed by atoms with Crippen LogP contribution < -0.4 is 5.32 Å². The summed E-state index contributed by atoms with van der Waals surface area (Å²) >= 11 is 2.21. The molecule has 1 atom stereocenters. The Morgan fingerprint density at radius 3 is 2.33 bits per heavy atom. The van der Waals surface area contributed by atoms with Crippen molar-refractivity contribution in [3.63, 3.8) is 0 Å². The molecule has 0 aliphatic heterocycles. The third-order valence-electron chi connectivity index (χ3n) is 3.34. The number of alkyl carbamates (subject to hydrolysis) is 1. The van der Waals surface area contributed by atoms with Crippen molar-refractivity contribution in [2.24, 2.45) is 0 Å². The van der Waals surface area contributed by atoms with Crippen LogP contribution in [0.5, 0.6) is 0 Å². The first-order chi connectivity index (χ1) is 11.6. The van der Waals surface area contributed by atoms with Gasteiger partial charge in [-0.15, -0.1) is 0 Å². The maximum atomic E-state index is 11.9. The van der Waals surface area contributed by atoms with Gasteiger partial charge in [0, 0.05) is 9.99 Å². The molecule has 1 N–H and O–H groups in total. The van der Waals surface area contributed by atoms with Crippen LogP contribution in [0.4, 0.5) is 4.79 Å². The lowest BCUT2D eigenvalue weighted by atomic mass is 10.1. The number of hydrogen-bond acceptors (Lipinski definition) is 4. The second-order valence-corrected chi connectivity index (χ2v) is 6.36. The van der Waals surface area contributed by atoms with Crippen molar-refractivity contribution in [3.8, 4) is 0 Å². The van der Waals surface area contributed by atoms with Crippen LogP contribution in [0.15, 0.2) is 54.6 Å². The summed E-state index contributed by atoms with van der Waals surface area (Å²) in [5, 5.41) is 2.56. The van der Waals surface area contributed by atoms with Gasteiger partial charge < -0.3 is 14.8 Å². The van der Waals surface area contributed by atoms with E-state index in [1.807, 2.05) is 54.6 Å². The van der Waals surface area contributed by atoms with Crippen LogP contribution in [0, 0.1) is 3.57 Å². The summed E-state index contributed by atoms with van der Waals surface area (Å²) < 4.78 is 11.0. The molecule has 0 spiro atoms. The van der Waals surface area contributed by atoms with Crippen LogP contribution in [0.25, 0.3) is 0 Å². The highest BCUT2D eigenvalue weighted by Gasteiger charge is 2.22. The van der Waals surface area contributed by atoms with E-state index in [9.17, 15) is 9.59 Å². The van der Waals surface area contributed by atoms with Gasteiger partial charge in [0.2, 0.25) is 0 Å². The minimum atomic E-state index is -0.793. The number of nitrogens with one attached hydrogen (secondary N) is 1. The summed E-state index contributed by atoms with van der Waals surface area (Å²) in [5.74, 6) is -0.509. The predicted molar refractivity (Wildman–Crippen MR) is 98.4 cm³/mol. The highest BCUT2D eigenvalue weighted by Crippen LogP contribution is 2.10. The number of hydrogen-bond donors (Lipinski definition) is 1. The number of rotatable bonds is 6. The fourth-order valence-corrected chi connectivity index (χ4v) is 2.46. The number of ether oxygens (including phenoxy) is 2. The highest BCUT2D eigenvalue weighted by molar-refractivity contribution is 14.1. The Labute approximate surface area is 154 Å². The van der Waals surface area contributed by atoms with Gasteiger partial charge in [-0.2, -0.15) is 0 Å². The normalized spacial score (nSPS) is 11.4. The van der Waals surface area contributed by atoms with Crippen molar-refractivity contribution < 1.29 is 19.1 Å². The van der Waals surface area contributed by atoms with Crippen LogP contribution in [0.2, 0.25) is 0 Å². The monoisotopic (exact) mass is 439 g/mol. The van der Waals surface area contributed by atoms with Crippen molar-refractivity contribution in [2.45, 2.75) is 19.1 Å². The zero-order chi connectivity index (χ0) is 17.4. The third-order valence-corrected chi connectivity index (χ3v) is 4.06. The van der Waals surface area contributed by atoms with Crippen LogP contribution in [0.3, 0.4) is 0 Å². The molecule has 0 fully saturated rings. The Kier molecular flexibility index (Phi) is 7.05. The van der Waals surface area contributed by atoms with E-state index in [0.29, 0.717) is 6.42 Å². The summed E-state index contributed by atoms with van der Waals surface area (Å²) in [6, 6.07) is 16.2. The lowest BCUT2D eigenvalue weighted by Crippen LogP contribution is -2.43. The molecule has 24 heavy (non-hydrogen) atoms. The Balaban J connectivity index is 1.93. The molecule has 0 aliphatic carbocycles. The van der Waals surface area contributed by atoms with Gasteiger partial charge in [-0.25, -0.2) is 9.59 Å². The number of halogens is 1. The van der Waals surface area contributed by atoms with E-state index in [1.165, 1.54) is 7.11 Å². The number of methoxy groups -OCH3 is 1. The molecule has 0 heterocycles. The molecular weight excluding hydrogens is 421 g/mol. The van der Waals surface area contributed by atoms with Gasteiger partial charge in [0.25, 0.3) is 0 Å². The molecule has 2 rings (SSSR count). The van der Waals surface area contributed by atoms with E-state index in [1.54, 1.807) is 0 Å².